The first-order valence-electron chi connectivity index (χ1n) is 11.8. The minimum absolute atomic E-state index is 0.136. The first-order chi connectivity index (χ1) is 15.6. The minimum atomic E-state index is -0.191. The molecule has 168 valence electrons. The summed E-state index contributed by atoms with van der Waals surface area (Å²) in [6.45, 7) is 12.4. The predicted octanol–water partition coefficient (Wildman–Crippen LogP) is 4.96. The molecule has 2 saturated heterocycles. The third-order valence-electron chi connectivity index (χ3n) is 7.14. The highest BCUT2D eigenvalue weighted by Crippen LogP contribution is 2.50. The van der Waals surface area contributed by atoms with Crippen LogP contribution in [0, 0.1) is 0 Å². The lowest BCUT2D eigenvalue weighted by Gasteiger charge is -2.36. The fourth-order valence-electron chi connectivity index (χ4n) is 5.53. The van der Waals surface area contributed by atoms with E-state index in [4.69, 9.17) is 4.74 Å². The Morgan fingerprint density at radius 1 is 1.03 bits per heavy atom. The van der Waals surface area contributed by atoms with Crippen LogP contribution in [0.1, 0.15) is 48.4 Å². The van der Waals surface area contributed by atoms with Crippen LogP contribution in [0.2, 0.25) is 0 Å². The molecule has 5 nitrogen and oxygen atoms in total. The van der Waals surface area contributed by atoms with Crippen LogP contribution in [0.25, 0.3) is 0 Å². The van der Waals surface area contributed by atoms with Crippen molar-refractivity contribution in [2.45, 2.75) is 38.3 Å². The third-order valence-corrected chi connectivity index (χ3v) is 7.14. The molecule has 0 N–H and O–H groups in total. The van der Waals surface area contributed by atoms with Crippen molar-refractivity contribution in [2.24, 2.45) is 0 Å². The number of ether oxygens (including phenoxy) is 1. The summed E-state index contributed by atoms with van der Waals surface area (Å²) in [7, 11) is 0. The number of hydrogen-bond acceptors (Lipinski definition) is 4. The lowest BCUT2D eigenvalue weighted by Crippen LogP contribution is -2.46. The van der Waals surface area contributed by atoms with Gasteiger partial charge in [-0.05, 0) is 54.5 Å². The number of nitrogens with zero attached hydrogens (tertiary/aromatic N) is 3. The highest BCUT2D eigenvalue weighted by atomic mass is 16.6. The van der Waals surface area contributed by atoms with Gasteiger partial charge in [0, 0.05) is 45.0 Å². The summed E-state index contributed by atoms with van der Waals surface area (Å²) in [5, 5.41) is 0. The Labute approximate surface area is 191 Å². The van der Waals surface area contributed by atoms with Gasteiger partial charge in [-0.15, -0.1) is 0 Å². The molecule has 0 aromatic heterocycles. The molecule has 5 rings (SSSR count). The van der Waals surface area contributed by atoms with Crippen molar-refractivity contribution in [3.05, 3.63) is 77.4 Å². The SMILES string of the molecule is C=C(C)CN1CCN(c2ccc3c(c2)[C@H]2C[C@H]3CCN2C(=O)OCc2ccccc2)CC1. The van der Waals surface area contributed by atoms with Gasteiger partial charge in [0.2, 0.25) is 0 Å². The van der Waals surface area contributed by atoms with Gasteiger partial charge in [-0.2, -0.15) is 0 Å². The van der Waals surface area contributed by atoms with Crippen LogP contribution in [0.4, 0.5) is 10.5 Å². The van der Waals surface area contributed by atoms with Crippen LogP contribution < -0.4 is 4.90 Å². The van der Waals surface area contributed by atoms with Crippen molar-refractivity contribution in [1.29, 1.82) is 0 Å². The summed E-state index contributed by atoms with van der Waals surface area (Å²) < 4.78 is 5.69. The average Bonchev–Trinajstić information content (AvgIpc) is 3.09. The van der Waals surface area contributed by atoms with E-state index in [9.17, 15) is 4.79 Å². The predicted molar refractivity (Wildman–Crippen MR) is 128 cm³/mol. The molecule has 3 aliphatic rings. The van der Waals surface area contributed by atoms with Crippen molar-refractivity contribution >= 4 is 11.8 Å². The van der Waals surface area contributed by atoms with Gasteiger partial charge in [0.1, 0.15) is 6.61 Å². The number of amides is 1. The van der Waals surface area contributed by atoms with Gasteiger partial charge in [-0.3, -0.25) is 4.90 Å². The molecule has 2 bridgehead atoms. The molecule has 0 unspecified atom stereocenters. The fourth-order valence-corrected chi connectivity index (χ4v) is 5.53. The summed E-state index contributed by atoms with van der Waals surface area (Å²) in [6, 6.07) is 17.0. The average molecular weight is 432 g/mol. The Morgan fingerprint density at radius 2 is 1.81 bits per heavy atom. The standard InChI is InChI=1S/C27H33N3O2/c1-20(2)18-28-12-14-29(15-13-28)23-8-9-24-22-10-11-30(26(16-22)25(24)17-23)27(31)32-19-21-6-4-3-5-7-21/h3-9,17,22,26H,1,10-16,18-19H2,2H3/t22-,26-/m1/s1. The van der Waals surface area contributed by atoms with Crippen molar-refractivity contribution in [2.75, 3.05) is 44.2 Å². The van der Waals surface area contributed by atoms with E-state index in [0.29, 0.717) is 12.5 Å². The molecule has 1 aliphatic carbocycles. The van der Waals surface area contributed by atoms with E-state index < -0.39 is 0 Å². The molecule has 2 aromatic rings. The summed E-state index contributed by atoms with van der Waals surface area (Å²) in [6.07, 6.45) is 1.85. The molecular weight excluding hydrogens is 398 g/mol. The molecule has 5 heteroatoms. The van der Waals surface area contributed by atoms with E-state index in [0.717, 1.165) is 57.7 Å². The number of piperazine rings is 1. The normalized spacial score (nSPS) is 22.5. The van der Waals surface area contributed by atoms with E-state index in [1.165, 1.54) is 22.4 Å². The largest absolute Gasteiger partial charge is 0.445 e. The van der Waals surface area contributed by atoms with Crippen molar-refractivity contribution in [1.82, 2.24) is 9.80 Å². The van der Waals surface area contributed by atoms with E-state index >= 15 is 0 Å². The van der Waals surface area contributed by atoms with Crippen molar-refractivity contribution in [3.63, 3.8) is 0 Å². The lowest BCUT2D eigenvalue weighted by atomic mass is 9.96. The zero-order chi connectivity index (χ0) is 22.1. The number of benzene rings is 2. The van der Waals surface area contributed by atoms with Crippen molar-refractivity contribution in [3.8, 4) is 0 Å². The quantitative estimate of drug-likeness (QED) is 0.627. The highest BCUT2D eigenvalue weighted by molar-refractivity contribution is 5.70. The Morgan fingerprint density at radius 3 is 2.56 bits per heavy atom. The summed E-state index contributed by atoms with van der Waals surface area (Å²) in [5.41, 5.74) is 6.28. The number of piperidine rings is 1. The van der Waals surface area contributed by atoms with Crippen LogP contribution >= 0.6 is 0 Å². The Balaban J connectivity index is 1.27. The third kappa shape index (κ3) is 4.26. The van der Waals surface area contributed by atoms with Gasteiger partial charge in [-0.25, -0.2) is 4.79 Å². The molecule has 1 amide bonds. The molecule has 0 spiro atoms. The zero-order valence-electron chi connectivity index (χ0n) is 19.0. The van der Waals surface area contributed by atoms with Crippen LogP contribution in [0.15, 0.2) is 60.7 Å². The number of anilines is 1. The first-order valence-corrected chi connectivity index (χ1v) is 11.8. The fraction of sp³-hybridized carbons (Fsp3) is 0.444. The molecule has 2 fully saturated rings. The number of carbonyl (C=O) groups is 1. The lowest BCUT2D eigenvalue weighted by molar-refractivity contribution is 0.0694. The second-order valence-corrected chi connectivity index (χ2v) is 9.50. The van der Waals surface area contributed by atoms with Crippen molar-refractivity contribution < 1.29 is 9.53 Å². The summed E-state index contributed by atoms with van der Waals surface area (Å²) in [4.78, 5) is 19.9. The van der Waals surface area contributed by atoms with E-state index in [1.54, 1.807) is 0 Å². The van der Waals surface area contributed by atoms with Gasteiger partial charge in [-0.1, -0.05) is 48.6 Å². The van der Waals surface area contributed by atoms with Gasteiger partial charge >= 0.3 is 6.09 Å². The second kappa shape index (κ2) is 8.99. The number of carbonyl (C=O) groups excluding carboxylic acids is 1. The Kier molecular flexibility index (Phi) is 5.92. The molecule has 2 aromatic carbocycles. The van der Waals surface area contributed by atoms with Crippen LogP contribution in [-0.4, -0.2) is 55.2 Å². The molecule has 32 heavy (non-hydrogen) atoms. The van der Waals surface area contributed by atoms with Crippen LogP contribution in [0.3, 0.4) is 0 Å². The van der Waals surface area contributed by atoms with Gasteiger partial charge < -0.3 is 14.5 Å². The maximum atomic E-state index is 13.0. The van der Waals surface area contributed by atoms with Gasteiger partial charge in [0.15, 0.2) is 0 Å². The zero-order valence-corrected chi connectivity index (χ0v) is 19.0. The number of rotatable bonds is 5. The molecule has 2 heterocycles. The molecule has 0 radical (unpaired) electrons. The minimum Gasteiger partial charge on any atom is -0.445 e. The number of fused-ring (bicyclic) bond motifs is 5. The number of hydrogen-bond donors (Lipinski definition) is 0. The Bertz CT molecular complexity index is 982. The Hall–Kier alpha value is -2.79. The molecule has 2 aliphatic heterocycles. The highest BCUT2D eigenvalue weighted by Gasteiger charge is 2.41. The maximum absolute atomic E-state index is 13.0. The topological polar surface area (TPSA) is 36.0 Å². The first kappa shape index (κ1) is 21.1. The smallest absolute Gasteiger partial charge is 0.410 e. The number of likely N-dealkylation sites (tertiary alicyclic amines) is 1. The maximum Gasteiger partial charge on any atom is 0.410 e. The van der Waals surface area contributed by atoms with E-state index in [-0.39, 0.29) is 12.1 Å². The monoisotopic (exact) mass is 431 g/mol. The second-order valence-electron chi connectivity index (χ2n) is 9.50. The van der Waals surface area contributed by atoms with Gasteiger partial charge in [0.25, 0.3) is 0 Å². The molecule has 0 saturated carbocycles. The molecule has 2 atom stereocenters. The summed E-state index contributed by atoms with van der Waals surface area (Å²) >= 11 is 0. The van der Waals surface area contributed by atoms with Gasteiger partial charge in [0.05, 0.1) is 6.04 Å². The van der Waals surface area contributed by atoms with E-state index in [2.05, 4.69) is 41.5 Å². The van der Waals surface area contributed by atoms with Crippen LogP contribution in [0.5, 0.6) is 0 Å². The molecular formula is C27H33N3O2. The van der Waals surface area contributed by atoms with Crippen LogP contribution in [-0.2, 0) is 11.3 Å². The summed E-state index contributed by atoms with van der Waals surface area (Å²) in [5.74, 6) is 0.564. The van der Waals surface area contributed by atoms with E-state index in [1.807, 2.05) is 35.2 Å².